The van der Waals surface area contributed by atoms with E-state index in [0.29, 0.717) is 12.0 Å². The quantitative estimate of drug-likeness (QED) is 0.440. The molecule has 0 heterocycles. The Kier molecular flexibility index (Phi) is 7.81. The highest BCUT2D eigenvalue weighted by Crippen LogP contribution is 2.41. The lowest BCUT2D eigenvalue weighted by molar-refractivity contribution is 0.464. The second-order valence-corrected chi connectivity index (χ2v) is 5.91. The molecule has 1 N–H and O–H groups in total. The number of aliphatic imine (C=N–C) groups is 1. The van der Waals surface area contributed by atoms with Gasteiger partial charge in [0.15, 0.2) is 5.96 Å². The molecule has 118 valence electrons. The van der Waals surface area contributed by atoms with Crippen LogP contribution in [0.5, 0.6) is 0 Å². The summed E-state index contributed by atoms with van der Waals surface area (Å²) < 4.78 is 0. The molecule has 0 amide bonds. The van der Waals surface area contributed by atoms with E-state index >= 15 is 0 Å². The highest BCUT2D eigenvalue weighted by atomic mass is 127. The molecule has 1 aromatic carbocycles. The highest BCUT2D eigenvalue weighted by molar-refractivity contribution is 14.0. The summed E-state index contributed by atoms with van der Waals surface area (Å²) in [5.41, 5.74) is 1.32. The lowest BCUT2D eigenvalue weighted by Gasteiger charge is -2.22. The van der Waals surface area contributed by atoms with E-state index < -0.39 is 0 Å². The van der Waals surface area contributed by atoms with Crippen molar-refractivity contribution in [2.75, 3.05) is 20.6 Å². The van der Waals surface area contributed by atoms with Crippen molar-refractivity contribution in [3.05, 3.63) is 34.9 Å². The monoisotopic (exact) mass is 421 g/mol. The minimum atomic E-state index is 0. The Balaban J connectivity index is 0.00000220. The van der Waals surface area contributed by atoms with E-state index in [9.17, 15) is 0 Å². The largest absolute Gasteiger partial charge is 0.353 e. The summed E-state index contributed by atoms with van der Waals surface area (Å²) in [4.78, 5) is 6.58. The van der Waals surface area contributed by atoms with Crippen molar-refractivity contribution in [2.24, 2.45) is 4.99 Å². The Morgan fingerprint density at radius 3 is 2.86 bits per heavy atom. The molecule has 1 aliphatic rings. The fraction of sp³-hybridized carbons (Fsp3) is 0.562. The number of unbranched alkanes of at least 4 members (excludes halogenated alkanes) is 1. The zero-order valence-corrected chi connectivity index (χ0v) is 16.1. The third-order valence-electron chi connectivity index (χ3n) is 3.80. The molecule has 0 aliphatic heterocycles. The fourth-order valence-corrected chi connectivity index (χ4v) is 2.67. The molecule has 0 bridgehead atoms. The van der Waals surface area contributed by atoms with Gasteiger partial charge in [-0.1, -0.05) is 37.1 Å². The van der Waals surface area contributed by atoms with Crippen LogP contribution in [0.1, 0.15) is 37.7 Å². The maximum Gasteiger partial charge on any atom is 0.193 e. The first-order chi connectivity index (χ1) is 9.65. The van der Waals surface area contributed by atoms with Crippen LogP contribution < -0.4 is 5.32 Å². The van der Waals surface area contributed by atoms with Gasteiger partial charge in [-0.15, -0.1) is 24.0 Å². The minimum absolute atomic E-state index is 0. The third kappa shape index (κ3) is 5.33. The van der Waals surface area contributed by atoms with Crippen LogP contribution in [0.15, 0.2) is 29.3 Å². The second kappa shape index (κ2) is 8.83. The van der Waals surface area contributed by atoms with E-state index in [-0.39, 0.29) is 24.0 Å². The topological polar surface area (TPSA) is 27.6 Å². The van der Waals surface area contributed by atoms with Crippen LogP contribution in [-0.4, -0.2) is 37.5 Å². The summed E-state index contributed by atoms with van der Waals surface area (Å²) in [5, 5.41) is 4.37. The molecule has 0 saturated heterocycles. The molecule has 2 rings (SSSR count). The summed E-state index contributed by atoms with van der Waals surface area (Å²) >= 11 is 6.05. The Morgan fingerprint density at radius 2 is 2.24 bits per heavy atom. The van der Waals surface area contributed by atoms with Gasteiger partial charge < -0.3 is 10.2 Å². The van der Waals surface area contributed by atoms with Gasteiger partial charge in [0.25, 0.3) is 0 Å². The molecule has 0 spiro atoms. The Labute approximate surface area is 150 Å². The number of rotatable bonds is 5. The van der Waals surface area contributed by atoms with Crippen LogP contribution >= 0.6 is 35.6 Å². The summed E-state index contributed by atoms with van der Waals surface area (Å²) in [6.45, 7) is 3.25. The predicted octanol–water partition coefficient (Wildman–Crippen LogP) is 4.12. The fourth-order valence-electron chi connectivity index (χ4n) is 2.47. The summed E-state index contributed by atoms with van der Waals surface area (Å²) in [7, 11) is 3.95. The van der Waals surface area contributed by atoms with Crippen molar-refractivity contribution in [3.63, 3.8) is 0 Å². The standard InChI is InChI=1S/C16H24ClN3.HI/c1-4-5-9-20(3)16(18-2)19-15-11-14(15)12-7-6-8-13(17)10-12;/h6-8,10,14-15H,4-5,9,11H2,1-3H3,(H,18,19);1H. The van der Waals surface area contributed by atoms with E-state index in [1.54, 1.807) is 0 Å². The number of nitrogens with zero attached hydrogens (tertiary/aromatic N) is 2. The van der Waals surface area contributed by atoms with Gasteiger partial charge in [-0.25, -0.2) is 0 Å². The zero-order chi connectivity index (χ0) is 14.5. The van der Waals surface area contributed by atoms with Gasteiger partial charge in [-0.05, 0) is 30.5 Å². The van der Waals surface area contributed by atoms with E-state index in [0.717, 1.165) is 23.9 Å². The van der Waals surface area contributed by atoms with Crippen molar-refractivity contribution >= 4 is 41.5 Å². The van der Waals surface area contributed by atoms with Crippen LogP contribution in [0.4, 0.5) is 0 Å². The SMILES string of the molecule is CCCCN(C)C(=NC)NC1CC1c1cccc(Cl)c1.I. The Bertz CT molecular complexity index is 478. The molecular weight excluding hydrogens is 397 g/mol. The molecule has 3 nitrogen and oxygen atoms in total. The number of halogens is 2. The lowest BCUT2D eigenvalue weighted by atomic mass is 10.1. The molecule has 0 aromatic heterocycles. The van der Waals surface area contributed by atoms with E-state index in [1.165, 1.54) is 18.4 Å². The number of nitrogens with one attached hydrogen (secondary N) is 1. The van der Waals surface area contributed by atoms with Gasteiger partial charge in [0, 0.05) is 37.6 Å². The van der Waals surface area contributed by atoms with Gasteiger partial charge >= 0.3 is 0 Å². The lowest BCUT2D eigenvalue weighted by Crippen LogP contribution is -2.40. The summed E-state index contributed by atoms with van der Waals surface area (Å²) in [6, 6.07) is 8.65. The molecule has 1 saturated carbocycles. The maximum absolute atomic E-state index is 6.05. The molecule has 21 heavy (non-hydrogen) atoms. The molecule has 1 aromatic rings. The van der Waals surface area contributed by atoms with E-state index in [4.69, 9.17) is 11.6 Å². The first-order valence-electron chi connectivity index (χ1n) is 7.35. The second-order valence-electron chi connectivity index (χ2n) is 5.47. The molecular formula is C16H25ClIN3. The summed E-state index contributed by atoms with van der Waals surface area (Å²) in [6.07, 6.45) is 3.55. The molecule has 5 heteroatoms. The number of guanidine groups is 1. The predicted molar refractivity (Wildman–Crippen MR) is 102 cm³/mol. The molecule has 0 radical (unpaired) electrons. The Morgan fingerprint density at radius 1 is 1.48 bits per heavy atom. The molecule has 1 fully saturated rings. The van der Waals surface area contributed by atoms with Crippen molar-refractivity contribution < 1.29 is 0 Å². The van der Waals surface area contributed by atoms with Crippen LogP contribution in [0.25, 0.3) is 0 Å². The minimum Gasteiger partial charge on any atom is -0.353 e. The number of benzene rings is 1. The highest BCUT2D eigenvalue weighted by Gasteiger charge is 2.39. The smallest absolute Gasteiger partial charge is 0.193 e. The zero-order valence-electron chi connectivity index (χ0n) is 13.0. The Hall–Kier alpha value is -0.490. The van der Waals surface area contributed by atoms with Gasteiger partial charge in [0.2, 0.25) is 0 Å². The summed E-state index contributed by atoms with van der Waals surface area (Å²) in [5.74, 6) is 1.55. The van der Waals surface area contributed by atoms with Crippen molar-refractivity contribution in [3.8, 4) is 0 Å². The molecule has 2 atom stereocenters. The van der Waals surface area contributed by atoms with Crippen LogP contribution in [0.3, 0.4) is 0 Å². The van der Waals surface area contributed by atoms with Crippen LogP contribution in [-0.2, 0) is 0 Å². The number of hydrogen-bond acceptors (Lipinski definition) is 1. The normalized spacial score (nSPS) is 20.7. The van der Waals surface area contributed by atoms with Crippen LogP contribution in [0, 0.1) is 0 Å². The van der Waals surface area contributed by atoms with Crippen LogP contribution in [0.2, 0.25) is 5.02 Å². The molecule has 2 unspecified atom stereocenters. The van der Waals surface area contributed by atoms with Gasteiger partial charge in [0.05, 0.1) is 0 Å². The average molecular weight is 422 g/mol. The van der Waals surface area contributed by atoms with Gasteiger partial charge in [-0.3, -0.25) is 4.99 Å². The van der Waals surface area contributed by atoms with Crippen molar-refractivity contribution in [1.82, 2.24) is 10.2 Å². The first-order valence-corrected chi connectivity index (χ1v) is 7.73. The van der Waals surface area contributed by atoms with E-state index in [1.807, 2.05) is 19.2 Å². The van der Waals surface area contributed by atoms with E-state index in [2.05, 4.69) is 41.3 Å². The maximum atomic E-state index is 6.05. The van der Waals surface area contributed by atoms with Gasteiger partial charge in [0.1, 0.15) is 0 Å². The van der Waals surface area contributed by atoms with Crippen molar-refractivity contribution in [1.29, 1.82) is 0 Å². The number of hydrogen-bond donors (Lipinski definition) is 1. The molecule has 1 aliphatic carbocycles. The first kappa shape index (κ1) is 18.6. The van der Waals surface area contributed by atoms with Gasteiger partial charge in [-0.2, -0.15) is 0 Å². The average Bonchev–Trinajstić information content (AvgIpc) is 3.21. The van der Waals surface area contributed by atoms with Crippen molar-refractivity contribution in [2.45, 2.75) is 38.1 Å². The third-order valence-corrected chi connectivity index (χ3v) is 4.04.